The van der Waals surface area contributed by atoms with E-state index in [1.54, 1.807) is 43.1 Å². The molecular formula is C20H24N2O3S. The number of anilines is 1. The molecule has 0 aliphatic carbocycles. The van der Waals surface area contributed by atoms with Crippen molar-refractivity contribution >= 4 is 29.3 Å². The molecule has 2 rings (SSSR count). The summed E-state index contributed by atoms with van der Waals surface area (Å²) in [6, 6.07) is 13.7. The number of thioether (sulfide) groups is 1. The van der Waals surface area contributed by atoms with Crippen molar-refractivity contribution in [2.75, 3.05) is 18.7 Å². The lowest BCUT2D eigenvalue weighted by Gasteiger charge is -2.22. The van der Waals surface area contributed by atoms with Crippen LogP contribution in [0.5, 0.6) is 5.75 Å². The Balaban J connectivity index is 2.08. The number of hydrogen-bond acceptors (Lipinski definition) is 4. The van der Waals surface area contributed by atoms with Gasteiger partial charge in [-0.2, -0.15) is 0 Å². The Hall–Kier alpha value is -2.47. The monoisotopic (exact) mass is 372 g/mol. The van der Waals surface area contributed by atoms with Gasteiger partial charge >= 0.3 is 0 Å². The first-order valence-corrected chi connectivity index (χ1v) is 9.57. The molecule has 0 saturated carbocycles. The minimum Gasteiger partial charge on any atom is -0.497 e. The van der Waals surface area contributed by atoms with E-state index in [1.165, 1.54) is 0 Å². The third kappa shape index (κ3) is 5.26. The first kappa shape index (κ1) is 19.8. The summed E-state index contributed by atoms with van der Waals surface area (Å²) in [5, 5.41) is 5.71. The molecule has 0 saturated heterocycles. The van der Waals surface area contributed by atoms with E-state index in [0.29, 0.717) is 17.0 Å². The van der Waals surface area contributed by atoms with Crippen LogP contribution in [0.25, 0.3) is 0 Å². The third-order valence-corrected chi connectivity index (χ3v) is 4.65. The normalized spacial score (nSPS) is 11.7. The van der Waals surface area contributed by atoms with Gasteiger partial charge in [0.25, 0.3) is 5.91 Å². The molecule has 0 aromatic heterocycles. The highest BCUT2D eigenvalue weighted by molar-refractivity contribution is 7.98. The van der Waals surface area contributed by atoms with Crippen LogP contribution < -0.4 is 15.4 Å². The summed E-state index contributed by atoms with van der Waals surface area (Å²) >= 11 is 1.60. The fourth-order valence-corrected chi connectivity index (χ4v) is 2.88. The number of amides is 2. The van der Waals surface area contributed by atoms with Gasteiger partial charge in [-0.3, -0.25) is 9.59 Å². The zero-order valence-electron chi connectivity index (χ0n) is 15.4. The van der Waals surface area contributed by atoms with E-state index < -0.39 is 6.04 Å². The van der Waals surface area contributed by atoms with Crippen molar-refractivity contribution in [3.63, 3.8) is 0 Å². The minimum absolute atomic E-state index is 0.0547. The minimum atomic E-state index is -0.637. The van der Waals surface area contributed by atoms with Gasteiger partial charge in [0.1, 0.15) is 11.8 Å². The van der Waals surface area contributed by atoms with Gasteiger partial charge in [-0.15, -0.1) is 11.8 Å². The van der Waals surface area contributed by atoms with Crippen molar-refractivity contribution in [1.29, 1.82) is 0 Å². The Morgan fingerprint density at radius 1 is 1.08 bits per heavy atom. The van der Waals surface area contributed by atoms with Crippen molar-refractivity contribution < 1.29 is 14.3 Å². The van der Waals surface area contributed by atoms with Crippen LogP contribution >= 0.6 is 11.8 Å². The van der Waals surface area contributed by atoms with Crippen molar-refractivity contribution in [3.05, 3.63) is 54.1 Å². The topological polar surface area (TPSA) is 67.4 Å². The van der Waals surface area contributed by atoms with Crippen LogP contribution in [0.3, 0.4) is 0 Å². The molecule has 26 heavy (non-hydrogen) atoms. The predicted octanol–water partition coefficient (Wildman–Crippen LogP) is 3.81. The van der Waals surface area contributed by atoms with E-state index in [0.717, 1.165) is 4.90 Å². The molecule has 6 heteroatoms. The smallest absolute Gasteiger partial charge is 0.251 e. The number of hydrogen-bond donors (Lipinski definition) is 2. The molecule has 0 fully saturated rings. The van der Waals surface area contributed by atoms with Crippen molar-refractivity contribution in [3.8, 4) is 5.75 Å². The van der Waals surface area contributed by atoms with Crippen LogP contribution in [0.4, 0.5) is 5.69 Å². The lowest BCUT2D eigenvalue weighted by atomic mass is 10.0. The number of carbonyl (C=O) groups excluding carboxylic acids is 2. The maximum atomic E-state index is 12.7. The first-order valence-electron chi connectivity index (χ1n) is 8.34. The number of carbonyl (C=O) groups is 2. The molecule has 0 unspecified atom stereocenters. The average molecular weight is 372 g/mol. The molecule has 2 aromatic carbocycles. The number of rotatable bonds is 7. The molecule has 0 bridgehead atoms. The fraction of sp³-hybridized carbons (Fsp3) is 0.300. The molecule has 1 atom stereocenters. The predicted molar refractivity (Wildman–Crippen MR) is 106 cm³/mol. The molecule has 0 spiro atoms. The summed E-state index contributed by atoms with van der Waals surface area (Å²) < 4.78 is 5.09. The van der Waals surface area contributed by atoms with Crippen molar-refractivity contribution in [2.45, 2.75) is 24.8 Å². The molecule has 5 nitrogen and oxygen atoms in total. The second-order valence-electron chi connectivity index (χ2n) is 6.14. The summed E-state index contributed by atoms with van der Waals surface area (Å²) in [5.41, 5.74) is 1.19. The van der Waals surface area contributed by atoms with Gasteiger partial charge in [0.15, 0.2) is 0 Å². The van der Waals surface area contributed by atoms with E-state index in [2.05, 4.69) is 10.6 Å². The standard InChI is InChI=1S/C20H24N2O3S/c1-13(2)18(20(24)21-15-6-5-7-17(12-15)26-4)22-19(23)14-8-10-16(25-3)11-9-14/h5-13,18H,1-4H3,(H,21,24)(H,22,23)/t18-/m0/s1. The van der Waals surface area contributed by atoms with E-state index in [1.807, 2.05) is 44.4 Å². The molecule has 2 aromatic rings. The summed E-state index contributed by atoms with van der Waals surface area (Å²) in [6.45, 7) is 3.80. The summed E-state index contributed by atoms with van der Waals surface area (Å²) in [6.07, 6.45) is 1.98. The van der Waals surface area contributed by atoms with Gasteiger partial charge in [0, 0.05) is 16.1 Å². The van der Waals surface area contributed by atoms with E-state index in [4.69, 9.17) is 4.74 Å². The fourth-order valence-electron chi connectivity index (χ4n) is 2.42. The van der Waals surface area contributed by atoms with E-state index in [9.17, 15) is 9.59 Å². The summed E-state index contributed by atoms with van der Waals surface area (Å²) in [7, 11) is 1.57. The number of methoxy groups -OCH3 is 1. The van der Waals surface area contributed by atoms with Crippen LogP contribution in [0.15, 0.2) is 53.4 Å². The number of nitrogens with one attached hydrogen (secondary N) is 2. The second-order valence-corrected chi connectivity index (χ2v) is 7.02. The Morgan fingerprint density at radius 3 is 2.35 bits per heavy atom. The number of ether oxygens (including phenoxy) is 1. The lowest BCUT2D eigenvalue weighted by molar-refractivity contribution is -0.118. The Morgan fingerprint density at radius 2 is 1.77 bits per heavy atom. The van der Waals surface area contributed by atoms with Gasteiger partial charge < -0.3 is 15.4 Å². The van der Waals surface area contributed by atoms with Gasteiger partial charge in [0.2, 0.25) is 5.91 Å². The Kier molecular flexibility index (Phi) is 7.09. The second kappa shape index (κ2) is 9.29. The van der Waals surface area contributed by atoms with Crippen molar-refractivity contribution in [2.24, 2.45) is 5.92 Å². The van der Waals surface area contributed by atoms with E-state index >= 15 is 0 Å². The van der Waals surface area contributed by atoms with E-state index in [-0.39, 0.29) is 17.7 Å². The Bertz CT molecular complexity index is 760. The van der Waals surface area contributed by atoms with Crippen LogP contribution in [0.2, 0.25) is 0 Å². The van der Waals surface area contributed by atoms with Crippen LogP contribution in [0.1, 0.15) is 24.2 Å². The Labute approximate surface area is 158 Å². The zero-order valence-corrected chi connectivity index (χ0v) is 16.2. The molecule has 0 radical (unpaired) electrons. The molecular weight excluding hydrogens is 348 g/mol. The lowest BCUT2D eigenvalue weighted by Crippen LogP contribution is -2.47. The molecule has 2 amide bonds. The van der Waals surface area contributed by atoms with Gasteiger partial charge in [-0.1, -0.05) is 19.9 Å². The highest BCUT2D eigenvalue weighted by Crippen LogP contribution is 2.19. The van der Waals surface area contributed by atoms with Crippen LogP contribution in [-0.2, 0) is 4.79 Å². The van der Waals surface area contributed by atoms with Crippen molar-refractivity contribution in [1.82, 2.24) is 5.32 Å². The maximum absolute atomic E-state index is 12.7. The third-order valence-electron chi connectivity index (χ3n) is 3.93. The van der Waals surface area contributed by atoms with Gasteiger partial charge in [-0.25, -0.2) is 0 Å². The quantitative estimate of drug-likeness (QED) is 0.725. The largest absolute Gasteiger partial charge is 0.497 e. The zero-order chi connectivity index (χ0) is 19.1. The average Bonchev–Trinajstić information content (AvgIpc) is 2.65. The molecule has 0 heterocycles. The summed E-state index contributed by atoms with van der Waals surface area (Å²) in [5.74, 6) is 0.0915. The SMILES string of the molecule is COc1ccc(C(=O)N[C@H](C(=O)Nc2cccc(SC)c2)C(C)C)cc1. The first-order chi connectivity index (χ1) is 12.4. The highest BCUT2D eigenvalue weighted by atomic mass is 32.2. The summed E-state index contributed by atoms with van der Waals surface area (Å²) in [4.78, 5) is 26.2. The molecule has 138 valence electrons. The molecule has 0 aliphatic rings. The number of benzene rings is 2. The van der Waals surface area contributed by atoms with Crippen LogP contribution in [-0.4, -0.2) is 31.2 Å². The van der Waals surface area contributed by atoms with Crippen LogP contribution in [0, 0.1) is 5.92 Å². The molecule has 2 N–H and O–H groups in total. The molecule has 0 aliphatic heterocycles. The maximum Gasteiger partial charge on any atom is 0.251 e. The highest BCUT2D eigenvalue weighted by Gasteiger charge is 2.24. The van der Waals surface area contributed by atoms with Gasteiger partial charge in [-0.05, 0) is 54.6 Å². The van der Waals surface area contributed by atoms with Gasteiger partial charge in [0.05, 0.1) is 7.11 Å².